The van der Waals surface area contributed by atoms with Gasteiger partial charge in [0, 0.05) is 41.7 Å². The van der Waals surface area contributed by atoms with Crippen LogP contribution in [0, 0.1) is 0 Å². The first-order valence-corrected chi connectivity index (χ1v) is 19.2. The van der Waals surface area contributed by atoms with Crippen LogP contribution in [-0.2, 0) is 5.41 Å². The summed E-state index contributed by atoms with van der Waals surface area (Å²) in [6, 6.07) is 58.5. The van der Waals surface area contributed by atoms with Crippen molar-refractivity contribution < 1.29 is 4.42 Å². The largest absolute Gasteiger partial charge is 0.455 e. The average Bonchev–Trinajstić information content (AvgIpc) is 3.84. The lowest BCUT2D eigenvalue weighted by atomic mass is 9.80. The molecule has 248 valence electrons. The van der Waals surface area contributed by atoms with E-state index in [-0.39, 0.29) is 5.41 Å². The average molecular weight is 693 g/mol. The van der Waals surface area contributed by atoms with Gasteiger partial charge in [-0.1, -0.05) is 141 Å². The Hall–Kier alpha value is -6.22. The molecule has 0 amide bonds. The van der Waals surface area contributed by atoms with Crippen LogP contribution >= 0.6 is 11.3 Å². The smallest absolute Gasteiger partial charge is 0.144 e. The van der Waals surface area contributed by atoms with E-state index < -0.39 is 0 Å². The van der Waals surface area contributed by atoms with Gasteiger partial charge < -0.3 is 4.42 Å². The Kier molecular flexibility index (Phi) is 5.78. The highest BCUT2D eigenvalue weighted by atomic mass is 32.1. The molecule has 12 rings (SSSR count). The van der Waals surface area contributed by atoms with Gasteiger partial charge in [-0.2, -0.15) is 0 Å². The van der Waals surface area contributed by atoms with Crippen molar-refractivity contribution >= 4 is 85.8 Å². The molecule has 1 nitrogen and oxygen atoms in total. The Morgan fingerprint density at radius 2 is 1.04 bits per heavy atom. The first kappa shape index (κ1) is 29.4. The van der Waals surface area contributed by atoms with E-state index in [4.69, 9.17) is 4.42 Å². The third-order valence-corrected chi connectivity index (χ3v) is 13.3. The van der Waals surface area contributed by atoms with Crippen LogP contribution in [0.2, 0.25) is 0 Å². The van der Waals surface area contributed by atoms with Crippen molar-refractivity contribution in [3.05, 3.63) is 169 Å². The van der Waals surface area contributed by atoms with E-state index in [1.54, 1.807) is 0 Å². The fourth-order valence-corrected chi connectivity index (χ4v) is 10.8. The maximum absolute atomic E-state index is 6.80. The predicted octanol–water partition coefficient (Wildman–Crippen LogP) is 15.1. The van der Waals surface area contributed by atoms with Crippen molar-refractivity contribution in [1.82, 2.24) is 0 Å². The second-order valence-electron chi connectivity index (χ2n) is 15.2. The second-order valence-corrected chi connectivity index (χ2v) is 16.2. The summed E-state index contributed by atoms with van der Waals surface area (Å²) in [6.45, 7) is 4.73. The number of hydrogen-bond acceptors (Lipinski definition) is 2. The molecule has 0 saturated heterocycles. The summed E-state index contributed by atoms with van der Waals surface area (Å²) in [4.78, 5) is 0. The molecule has 1 aliphatic carbocycles. The fraction of sp³-hybridized carbons (Fsp3) is 0.0588. The molecule has 0 unspecified atom stereocenters. The number of thiophene rings is 1. The van der Waals surface area contributed by atoms with Gasteiger partial charge in [0.1, 0.15) is 11.2 Å². The number of benzene rings is 9. The standard InChI is InChI=1S/C51H32OS/c1-51(2)42-17-9-7-11-32(42)33-23-21-31(28-43(33)51)47-37-15-5-3-13-35(37)46(36-14-4-6-16-38(36)47)30-22-26-44-41(27-30)39-24-19-29-20-25-40-34-12-8-10-18-45(34)53-50(40)48(29)49(39)52-44/h3-28H,1-2H3. The quantitative estimate of drug-likeness (QED) is 0.164. The van der Waals surface area contributed by atoms with E-state index in [2.05, 4.69) is 172 Å². The van der Waals surface area contributed by atoms with Gasteiger partial charge in [0.15, 0.2) is 0 Å². The van der Waals surface area contributed by atoms with Gasteiger partial charge >= 0.3 is 0 Å². The molecule has 1 aliphatic rings. The summed E-state index contributed by atoms with van der Waals surface area (Å²) in [6.07, 6.45) is 0. The molecule has 11 aromatic rings. The molecule has 0 spiro atoms. The predicted molar refractivity (Wildman–Crippen MR) is 228 cm³/mol. The number of fused-ring (bicyclic) bond motifs is 14. The van der Waals surface area contributed by atoms with Gasteiger partial charge in [-0.3, -0.25) is 0 Å². The van der Waals surface area contributed by atoms with Crippen LogP contribution in [0.4, 0.5) is 0 Å². The third-order valence-electron chi connectivity index (χ3n) is 12.1. The van der Waals surface area contributed by atoms with Crippen LogP contribution in [-0.4, -0.2) is 0 Å². The molecule has 9 aromatic carbocycles. The van der Waals surface area contributed by atoms with Crippen LogP contribution < -0.4 is 0 Å². The third kappa shape index (κ3) is 3.91. The van der Waals surface area contributed by atoms with E-state index in [1.807, 2.05) is 11.3 Å². The lowest BCUT2D eigenvalue weighted by Crippen LogP contribution is -2.14. The van der Waals surface area contributed by atoms with Crippen molar-refractivity contribution in [2.75, 3.05) is 0 Å². The monoisotopic (exact) mass is 692 g/mol. The van der Waals surface area contributed by atoms with E-state index in [0.717, 1.165) is 21.9 Å². The highest BCUT2D eigenvalue weighted by Crippen LogP contribution is 2.52. The van der Waals surface area contributed by atoms with E-state index in [9.17, 15) is 0 Å². The van der Waals surface area contributed by atoms with Gasteiger partial charge in [0.2, 0.25) is 0 Å². The molecule has 2 heteroatoms. The summed E-state index contributed by atoms with van der Waals surface area (Å²) in [5.74, 6) is 0. The number of hydrogen-bond donors (Lipinski definition) is 0. The minimum atomic E-state index is -0.0651. The molecule has 0 bridgehead atoms. The van der Waals surface area contributed by atoms with E-state index in [0.29, 0.717) is 0 Å². The Morgan fingerprint density at radius 3 is 1.77 bits per heavy atom. The number of furan rings is 1. The van der Waals surface area contributed by atoms with Gasteiger partial charge in [0.25, 0.3) is 0 Å². The highest BCUT2D eigenvalue weighted by molar-refractivity contribution is 7.26. The molecule has 53 heavy (non-hydrogen) atoms. The van der Waals surface area contributed by atoms with E-state index in [1.165, 1.54) is 97.0 Å². The Morgan fingerprint density at radius 1 is 0.453 bits per heavy atom. The maximum atomic E-state index is 6.80. The van der Waals surface area contributed by atoms with Crippen LogP contribution in [0.3, 0.4) is 0 Å². The zero-order valence-electron chi connectivity index (χ0n) is 29.3. The van der Waals surface area contributed by atoms with Crippen molar-refractivity contribution in [3.63, 3.8) is 0 Å². The summed E-state index contributed by atoms with van der Waals surface area (Å²) in [5.41, 5.74) is 12.3. The van der Waals surface area contributed by atoms with Crippen molar-refractivity contribution in [2.45, 2.75) is 19.3 Å². The molecule has 0 saturated carbocycles. The van der Waals surface area contributed by atoms with Gasteiger partial charge in [-0.25, -0.2) is 0 Å². The molecule has 0 fully saturated rings. The normalized spacial score (nSPS) is 13.6. The summed E-state index contributed by atoms with van der Waals surface area (Å²) < 4.78 is 9.39. The lowest BCUT2D eigenvalue weighted by Gasteiger charge is -2.23. The second kappa shape index (κ2) is 10.4. The zero-order valence-corrected chi connectivity index (χ0v) is 30.1. The fourth-order valence-electron chi connectivity index (χ4n) is 9.58. The maximum Gasteiger partial charge on any atom is 0.144 e. The van der Waals surface area contributed by atoms with E-state index >= 15 is 0 Å². The van der Waals surface area contributed by atoms with Crippen molar-refractivity contribution in [1.29, 1.82) is 0 Å². The SMILES string of the molecule is CC1(C)c2ccccc2-c2ccc(-c3c4ccccc4c(-c4ccc5oc6c(ccc7ccc8c9ccccc9sc8c76)c5c4)c4ccccc34)cc21. The topological polar surface area (TPSA) is 13.1 Å². The molecule has 2 aromatic heterocycles. The Bertz CT molecular complexity index is 3320. The van der Waals surface area contributed by atoms with Crippen LogP contribution in [0.1, 0.15) is 25.0 Å². The molecule has 0 radical (unpaired) electrons. The van der Waals surface area contributed by atoms with Crippen LogP contribution in [0.15, 0.2) is 162 Å². The van der Waals surface area contributed by atoms with Crippen molar-refractivity contribution in [2.24, 2.45) is 0 Å². The first-order valence-electron chi connectivity index (χ1n) is 18.4. The Labute approximate surface area is 310 Å². The molecular formula is C51H32OS. The van der Waals surface area contributed by atoms with Gasteiger partial charge in [-0.15, -0.1) is 11.3 Å². The van der Waals surface area contributed by atoms with Crippen LogP contribution in [0.25, 0.3) is 108 Å². The zero-order chi connectivity index (χ0) is 35.0. The molecule has 0 aliphatic heterocycles. The minimum absolute atomic E-state index is 0.0651. The highest BCUT2D eigenvalue weighted by Gasteiger charge is 2.35. The number of rotatable bonds is 2. The Balaban J connectivity index is 1.10. The molecule has 2 heterocycles. The van der Waals surface area contributed by atoms with Gasteiger partial charge in [0.05, 0.1) is 0 Å². The summed E-state index contributed by atoms with van der Waals surface area (Å²) in [5, 5.41) is 12.4. The van der Waals surface area contributed by atoms with Crippen molar-refractivity contribution in [3.8, 4) is 33.4 Å². The lowest BCUT2D eigenvalue weighted by molar-refractivity contribution is 0.660. The van der Waals surface area contributed by atoms with Crippen LogP contribution in [0.5, 0.6) is 0 Å². The van der Waals surface area contributed by atoms with Gasteiger partial charge in [-0.05, 0) is 102 Å². The molecule has 0 atom stereocenters. The molecular weight excluding hydrogens is 661 g/mol. The summed E-state index contributed by atoms with van der Waals surface area (Å²) in [7, 11) is 0. The molecule has 0 N–H and O–H groups in total. The first-order chi connectivity index (χ1) is 26.0. The minimum Gasteiger partial charge on any atom is -0.455 e. The summed E-state index contributed by atoms with van der Waals surface area (Å²) >= 11 is 1.86.